The summed E-state index contributed by atoms with van der Waals surface area (Å²) in [5.74, 6) is 1.78. The summed E-state index contributed by atoms with van der Waals surface area (Å²) in [7, 11) is 0. The molecule has 17 heteroatoms. The smallest absolute Gasteiger partial charge is 0.243 e. The van der Waals surface area contributed by atoms with E-state index >= 15 is 0 Å². The van der Waals surface area contributed by atoms with Crippen LogP contribution in [0.3, 0.4) is 0 Å². The van der Waals surface area contributed by atoms with Crippen molar-refractivity contribution in [3.8, 4) is 16.2 Å². The Labute approximate surface area is 422 Å². The first-order valence-corrected chi connectivity index (χ1v) is 27.1. The Kier molecular flexibility index (Phi) is 20.1. The van der Waals surface area contributed by atoms with Gasteiger partial charge in [0.05, 0.1) is 41.6 Å². The van der Waals surface area contributed by atoms with Gasteiger partial charge in [0.15, 0.2) is 11.6 Å². The summed E-state index contributed by atoms with van der Waals surface area (Å²) in [6.07, 6.45) is 9.61. The van der Waals surface area contributed by atoms with E-state index in [0.717, 1.165) is 96.1 Å². The van der Waals surface area contributed by atoms with Crippen molar-refractivity contribution in [2.45, 2.75) is 112 Å². The van der Waals surface area contributed by atoms with Crippen molar-refractivity contribution in [3.05, 3.63) is 86.9 Å². The van der Waals surface area contributed by atoms with Gasteiger partial charge in [0, 0.05) is 60.2 Å². The standard InChI is InChI=1S/C49H62N8O6S2.C2H6.CH4S/c1-7-36(40(58)8-2)38-26-37-31(5)45(65-48(37)53-52-38)33-14-18-55(19-15-33)16-10-22-62-41-25-34(46-32(6)51-29-64-46)12-13-35(41)28-50-47(59)39-11-9-17-57(39)49(60)44(30(3)4)42-27-43(54-63-42)56-20-23-61-24-21-56;2*1-2/h7-8,12-13,25-27,29-30,33,39,44,58H,9-11,14-24,28H2,1-6H3,(H,50,59);1-2H3;2H,1H3/b36-7-,40-8+;;. The third-order valence-electron chi connectivity index (χ3n) is 13.1. The van der Waals surface area contributed by atoms with Gasteiger partial charge in [-0.1, -0.05) is 51.1 Å². The molecule has 0 radical (unpaired) electrons. The molecule has 7 heterocycles. The van der Waals surface area contributed by atoms with Gasteiger partial charge < -0.3 is 39.1 Å². The molecule has 0 saturated carbocycles. The van der Waals surface area contributed by atoms with E-state index in [1.54, 1.807) is 39.9 Å². The molecule has 2 unspecified atom stereocenters. The number of hydrogen-bond acceptors (Lipinski definition) is 15. The summed E-state index contributed by atoms with van der Waals surface area (Å²) in [6.45, 7) is 22.9. The fourth-order valence-corrected chi connectivity index (χ4v) is 11.6. The predicted molar refractivity (Wildman–Crippen MR) is 283 cm³/mol. The molecule has 374 valence electrons. The molecule has 2 atom stereocenters. The van der Waals surface area contributed by atoms with Crippen molar-refractivity contribution < 1.29 is 28.7 Å². The Morgan fingerprint density at radius 2 is 1.75 bits per heavy atom. The highest BCUT2D eigenvalue weighted by Gasteiger charge is 2.40. The average molecular weight is 1000 g/mol. The van der Waals surface area contributed by atoms with E-state index in [2.05, 4.69) is 73.2 Å². The molecule has 14 nitrogen and oxygen atoms in total. The van der Waals surface area contributed by atoms with Crippen molar-refractivity contribution in [1.82, 2.24) is 35.5 Å². The topological polar surface area (TPSA) is 159 Å². The molecule has 2 amide bonds. The number of amides is 2. The van der Waals surface area contributed by atoms with Gasteiger partial charge in [0.2, 0.25) is 11.8 Å². The molecule has 0 bridgehead atoms. The SMILES string of the molecule is C/C=C(\C(O)=C/C)c1cc2c(C)c(C3CCN(CCCOc4cc(-c5scnc5C)ccc4CNC(=O)C4CCCN4C(=O)C(c4cc(N5CCOCC5)no4)C(C)C)CC3)sc2nn1.CC.CS. The first-order valence-electron chi connectivity index (χ1n) is 24.5. The van der Waals surface area contributed by atoms with E-state index in [-0.39, 0.29) is 30.0 Å². The number of thiazole rings is 1. The number of carbonyl (C=O) groups excluding carboxylic acids is 2. The Hall–Kier alpha value is -4.81. The van der Waals surface area contributed by atoms with Crippen LogP contribution in [0.1, 0.15) is 119 Å². The number of piperidine rings is 1. The Bertz CT molecular complexity index is 2520. The molecule has 69 heavy (non-hydrogen) atoms. The molecular weight excluding hydrogens is 929 g/mol. The van der Waals surface area contributed by atoms with Crippen LogP contribution in [0.15, 0.2) is 58.3 Å². The third kappa shape index (κ3) is 12.8. The number of aliphatic hydroxyl groups excluding tert-OH is 1. The van der Waals surface area contributed by atoms with E-state index < -0.39 is 12.0 Å². The zero-order valence-corrected chi connectivity index (χ0v) is 44.4. The number of aliphatic hydroxyl groups is 1. The summed E-state index contributed by atoms with van der Waals surface area (Å²) in [5, 5.41) is 28.0. The van der Waals surface area contributed by atoms with Crippen LogP contribution in [-0.4, -0.2) is 118 Å². The lowest BCUT2D eigenvalue weighted by molar-refractivity contribution is -0.140. The number of allylic oxidation sites excluding steroid dienone is 3. The number of nitrogens with zero attached hydrogens (tertiary/aromatic N) is 7. The van der Waals surface area contributed by atoms with Crippen LogP contribution >= 0.6 is 35.3 Å². The average Bonchev–Trinajstić information content (AvgIpc) is 4.22. The molecule has 3 aliphatic heterocycles. The predicted octanol–water partition coefficient (Wildman–Crippen LogP) is 10.4. The van der Waals surface area contributed by atoms with Crippen LogP contribution in [0.5, 0.6) is 5.75 Å². The minimum atomic E-state index is -0.572. The number of anilines is 1. The van der Waals surface area contributed by atoms with E-state index in [9.17, 15) is 14.7 Å². The van der Waals surface area contributed by atoms with E-state index in [4.69, 9.17) is 14.0 Å². The highest BCUT2D eigenvalue weighted by molar-refractivity contribution is 7.79. The van der Waals surface area contributed by atoms with Gasteiger partial charge in [0.25, 0.3) is 0 Å². The minimum Gasteiger partial charge on any atom is -0.508 e. The van der Waals surface area contributed by atoms with Crippen LogP contribution in [0.2, 0.25) is 0 Å². The number of rotatable bonds is 16. The van der Waals surface area contributed by atoms with Crippen molar-refractivity contribution in [2.75, 3.05) is 70.2 Å². The van der Waals surface area contributed by atoms with Crippen LogP contribution in [-0.2, 0) is 20.9 Å². The van der Waals surface area contributed by atoms with Gasteiger partial charge in [0.1, 0.15) is 28.3 Å². The molecule has 3 saturated heterocycles. The highest BCUT2D eigenvalue weighted by Crippen LogP contribution is 2.40. The number of benzene rings is 1. The third-order valence-corrected chi connectivity index (χ3v) is 15.5. The quantitative estimate of drug-likeness (QED) is 0.0372. The van der Waals surface area contributed by atoms with Crippen LogP contribution < -0.4 is 15.0 Å². The number of aromatic nitrogens is 4. The maximum absolute atomic E-state index is 14.2. The molecule has 1 aromatic carbocycles. The maximum Gasteiger partial charge on any atom is 0.243 e. The second-order valence-electron chi connectivity index (χ2n) is 17.6. The summed E-state index contributed by atoms with van der Waals surface area (Å²) in [4.78, 5) is 42.4. The van der Waals surface area contributed by atoms with Crippen molar-refractivity contribution in [1.29, 1.82) is 0 Å². The van der Waals surface area contributed by atoms with E-state index in [0.29, 0.717) is 61.5 Å². The number of morpholine rings is 1. The zero-order chi connectivity index (χ0) is 49.6. The molecule has 0 aliphatic carbocycles. The molecular formula is C52H72N8O6S3. The molecule has 4 aromatic heterocycles. The molecule has 3 aliphatic rings. The fraction of sp³-hybridized carbons (Fsp3) is 0.538. The lowest BCUT2D eigenvalue weighted by Crippen LogP contribution is -2.47. The molecule has 0 spiro atoms. The number of likely N-dealkylation sites (tertiary alicyclic amines) is 2. The lowest BCUT2D eigenvalue weighted by atomic mass is 9.91. The first kappa shape index (κ1) is 53.5. The molecule has 5 aromatic rings. The number of aryl methyl sites for hydroxylation is 2. The molecule has 3 fully saturated rings. The summed E-state index contributed by atoms with van der Waals surface area (Å²) in [6, 6.07) is 9.53. The van der Waals surface area contributed by atoms with Gasteiger partial charge in [-0.15, -0.1) is 32.9 Å². The number of carbonyl (C=O) groups is 2. The summed E-state index contributed by atoms with van der Waals surface area (Å²) < 4.78 is 17.8. The van der Waals surface area contributed by atoms with Crippen LogP contribution in [0.4, 0.5) is 5.82 Å². The van der Waals surface area contributed by atoms with Crippen molar-refractivity contribution >= 4 is 68.7 Å². The normalized spacial score (nSPS) is 17.6. The van der Waals surface area contributed by atoms with Gasteiger partial charge in [-0.25, -0.2) is 4.98 Å². The largest absolute Gasteiger partial charge is 0.508 e. The fourth-order valence-electron chi connectivity index (χ4n) is 9.47. The Balaban J connectivity index is 0.00000191. The van der Waals surface area contributed by atoms with Gasteiger partial charge >= 0.3 is 0 Å². The number of ether oxygens (including phenoxy) is 2. The Morgan fingerprint density at radius 1 is 1.00 bits per heavy atom. The molecule has 8 rings (SSSR count). The highest BCUT2D eigenvalue weighted by atomic mass is 32.1. The number of nitrogens with one attached hydrogen (secondary N) is 1. The first-order chi connectivity index (χ1) is 33.5. The number of fused-ring (bicyclic) bond motifs is 1. The number of thiol groups is 1. The Morgan fingerprint density at radius 3 is 2.43 bits per heavy atom. The molecule has 2 N–H and O–H groups in total. The second-order valence-corrected chi connectivity index (χ2v) is 19.5. The van der Waals surface area contributed by atoms with Crippen LogP contribution in [0, 0.1) is 19.8 Å². The number of hydrogen-bond donors (Lipinski definition) is 3. The van der Waals surface area contributed by atoms with Crippen molar-refractivity contribution in [3.63, 3.8) is 0 Å². The van der Waals surface area contributed by atoms with E-state index in [1.807, 2.05) is 72.2 Å². The lowest BCUT2D eigenvalue weighted by Gasteiger charge is -2.31. The minimum absolute atomic E-state index is 0.0514. The monoisotopic (exact) mass is 1000 g/mol. The maximum atomic E-state index is 14.2. The van der Waals surface area contributed by atoms with Gasteiger partial charge in [-0.2, -0.15) is 12.6 Å². The summed E-state index contributed by atoms with van der Waals surface area (Å²) in [5.41, 5.74) is 7.38. The second kappa shape index (κ2) is 25.9. The zero-order valence-electron chi connectivity index (χ0n) is 41.9. The van der Waals surface area contributed by atoms with Crippen molar-refractivity contribution in [2.24, 2.45) is 5.92 Å². The van der Waals surface area contributed by atoms with Crippen LogP contribution in [0.25, 0.3) is 26.2 Å². The number of thiophene rings is 1. The van der Waals surface area contributed by atoms with Gasteiger partial charge in [-0.3, -0.25) is 9.59 Å². The summed E-state index contributed by atoms with van der Waals surface area (Å²) >= 11 is 6.88. The van der Waals surface area contributed by atoms with Gasteiger partial charge in [-0.05, 0) is 120 Å². The van der Waals surface area contributed by atoms with E-state index in [1.165, 1.54) is 10.4 Å².